The number of rotatable bonds is 11. The van der Waals surface area contributed by atoms with Gasteiger partial charge in [-0.2, -0.15) is 0 Å². The molecule has 0 bridgehead atoms. The number of thioether (sulfide) groups is 1. The standard InChI is InChI=1S/C25H31N3O2S/c1-5-10-20(8-4)23-22(15-17(6-2)7-3)27-25(28-23)31-16-19-12-9-11-18(13-19)14-21(26)24(29)30/h5-13,21H,2,14-16,26H2,1,3-4H3,(H,27,28)(H,29,30)/b10-5-,17-7+,20-8+. The predicted molar refractivity (Wildman–Crippen MR) is 130 cm³/mol. The van der Waals surface area contributed by atoms with Crippen molar-refractivity contribution in [2.24, 2.45) is 5.73 Å². The lowest BCUT2D eigenvalue weighted by Gasteiger charge is -2.08. The molecular weight excluding hydrogens is 406 g/mol. The first-order chi connectivity index (χ1) is 14.9. The molecule has 0 fully saturated rings. The van der Waals surface area contributed by atoms with E-state index in [-0.39, 0.29) is 0 Å². The Morgan fingerprint density at radius 2 is 2.03 bits per heavy atom. The number of nitrogens with one attached hydrogen (secondary N) is 1. The van der Waals surface area contributed by atoms with E-state index in [4.69, 9.17) is 15.8 Å². The Bertz CT molecular complexity index is 1000. The van der Waals surface area contributed by atoms with Crippen LogP contribution in [0.2, 0.25) is 0 Å². The molecule has 1 atom stereocenters. The average molecular weight is 438 g/mol. The maximum Gasteiger partial charge on any atom is 0.320 e. The SMILES string of the molecule is C=C/C(=C\C)Cc1[nH]c(SCc2cccc(CC(N)C(=O)O)c2)nc1C(/C=C\C)=C/C. The third-order valence-electron chi connectivity index (χ3n) is 4.84. The van der Waals surface area contributed by atoms with Crippen molar-refractivity contribution in [1.82, 2.24) is 9.97 Å². The highest BCUT2D eigenvalue weighted by molar-refractivity contribution is 7.98. The molecular formula is C25H31N3O2S. The van der Waals surface area contributed by atoms with Crippen LogP contribution in [0.15, 0.2) is 72.0 Å². The lowest BCUT2D eigenvalue weighted by atomic mass is 10.0. The molecule has 1 heterocycles. The minimum absolute atomic E-state index is 0.310. The van der Waals surface area contributed by atoms with Crippen molar-refractivity contribution in [2.45, 2.75) is 50.6 Å². The van der Waals surface area contributed by atoms with Gasteiger partial charge in [-0.25, -0.2) is 4.98 Å². The van der Waals surface area contributed by atoms with E-state index >= 15 is 0 Å². The number of H-pyrrole nitrogens is 1. The molecule has 5 nitrogen and oxygen atoms in total. The summed E-state index contributed by atoms with van der Waals surface area (Å²) in [6.07, 6.45) is 11.1. The smallest absolute Gasteiger partial charge is 0.320 e. The molecule has 0 aliphatic carbocycles. The van der Waals surface area contributed by atoms with Gasteiger partial charge in [-0.1, -0.05) is 73.0 Å². The first-order valence-electron chi connectivity index (χ1n) is 10.3. The molecule has 0 aliphatic rings. The summed E-state index contributed by atoms with van der Waals surface area (Å²) in [5.41, 5.74) is 11.9. The van der Waals surface area contributed by atoms with Crippen molar-refractivity contribution in [3.63, 3.8) is 0 Å². The highest BCUT2D eigenvalue weighted by Crippen LogP contribution is 2.27. The number of benzene rings is 1. The summed E-state index contributed by atoms with van der Waals surface area (Å²) in [6, 6.07) is 6.98. The molecule has 0 aliphatic heterocycles. The highest BCUT2D eigenvalue weighted by Gasteiger charge is 2.15. The second-order valence-corrected chi connectivity index (χ2v) is 8.08. The second kappa shape index (κ2) is 12.1. The van der Waals surface area contributed by atoms with Gasteiger partial charge < -0.3 is 15.8 Å². The van der Waals surface area contributed by atoms with E-state index in [0.29, 0.717) is 6.42 Å². The van der Waals surface area contributed by atoms with Gasteiger partial charge in [-0.15, -0.1) is 0 Å². The summed E-state index contributed by atoms with van der Waals surface area (Å²) in [5.74, 6) is -0.272. The molecule has 164 valence electrons. The van der Waals surface area contributed by atoms with Gasteiger partial charge in [0.2, 0.25) is 0 Å². The number of aliphatic carboxylic acids is 1. The summed E-state index contributed by atoms with van der Waals surface area (Å²) < 4.78 is 0. The lowest BCUT2D eigenvalue weighted by molar-refractivity contribution is -0.138. The number of imidazole rings is 1. The number of hydrogen-bond donors (Lipinski definition) is 3. The number of nitrogens with two attached hydrogens (primary N) is 1. The Labute approximate surface area is 188 Å². The van der Waals surface area contributed by atoms with Crippen LogP contribution in [0.5, 0.6) is 0 Å². The third-order valence-corrected chi connectivity index (χ3v) is 5.79. The van der Waals surface area contributed by atoms with Crippen molar-refractivity contribution in [3.8, 4) is 0 Å². The third kappa shape index (κ3) is 7.12. The fourth-order valence-corrected chi connectivity index (χ4v) is 3.98. The molecule has 6 heteroatoms. The molecule has 0 saturated carbocycles. The molecule has 1 unspecified atom stereocenters. The van der Waals surface area contributed by atoms with E-state index in [1.807, 2.05) is 57.2 Å². The maximum atomic E-state index is 11.0. The number of allylic oxidation sites excluding steroid dienone is 7. The van der Waals surface area contributed by atoms with Crippen LogP contribution in [-0.2, 0) is 23.4 Å². The van der Waals surface area contributed by atoms with Crippen molar-refractivity contribution in [3.05, 3.63) is 89.3 Å². The van der Waals surface area contributed by atoms with Crippen molar-refractivity contribution < 1.29 is 9.90 Å². The van der Waals surface area contributed by atoms with E-state index < -0.39 is 12.0 Å². The number of carbonyl (C=O) groups is 1. The van der Waals surface area contributed by atoms with Crippen LogP contribution in [0.3, 0.4) is 0 Å². The minimum Gasteiger partial charge on any atom is -0.480 e. The first kappa shape index (κ1) is 24.4. The number of nitrogens with zero attached hydrogens (tertiary/aromatic N) is 1. The van der Waals surface area contributed by atoms with E-state index in [0.717, 1.165) is 51.0 Å². The Morgan fingerprint density at radius 3 is 2.65 bits per heavy atom. The zero-order valence-corrected chi connectivity index (χ0v) is 19.2. The molecule has 4 N–H and O–H groups in total. The number of carboxylic acid groups (broad SMARTS) is 1. The zero-order chi connectivity index (χ0) is 22.8. The average Bonchev–Trinajstić information content (AvgIpc) is 3.16. The number of carboxylic acids is 1. The molecule has 1 aromatic carbocycles. The van der Waals surface area contributed by atoms with Crippen LogP contribution in [0.25, 0.3) is 5.57 Å². The van der Waals surface area contributed by atoms with Gasteiger partial charge in [0.25, 0.3) is 0 Å². The number of aromatic nitrogens is 2. The Morgan fingerprint density at radius 1 is 1.29 bits per heavy atom. The summed E-state index contributed by atoms with van der Waals surface area (Å²) >= 11 is 1.62. The first-order valence-corrected chi connectivity index (χ1v) is 11.2. The normalized spacial score (nSPS) is 13.5. The second-order valence-electron chi connectivity index (χ2n) is 7.12. The van der Waals surface area contributed by atoms with E-state index in [1.54, 1.807) is 11.8 Å². The molecule has 2 rings (SSSR count). The van der Waals surface area contributed by atoms with Crippen molar-refractivity contribution in [1.29, 1.82) is 0 Å². The van der Waals surface area contributed by atoms with Gasteiger partial charge in [0.1, 0.15) is 6.04 Å². The molecule has 0 radical (unpaired) electrons. The van der Waals surface area contributed by atoms with Crippen LogP contribution in [0, 0.1) is 0 Å². The fraction of sp³-hybridized carbons (Fsp3) is 0.280. The van der Waals surface area contributed by atoms with Crippen molar-refractivity contribution in [2.75, 3.05) is 0 Å². The van der Waals surface area contributed by atoms with Gasteiger partial charge >= 0.3 is 5.97 Å². The Hall–Kier alpha value is -2.83. The molecule has 2 aromatic rings. The minimum atomic E-state index is -0.989. The summed E-state index contributed by atoms with van der Waals surface area (Å²) in [4.78, 5) is 19.4. The number of aromatic amines is 1. The molecule has 1 aromatic heterocycles. The zero-order valence-electron chi connectivity index (χ0n) is 18.4. The van der Waals surface area contributed by atoms with Crippen LogP contribution >= 0.6 is 11.8 Å². The molecule has 31 heavy (non-hydrogen) atoms. The van der Waals surface area contributed by atoms with Crippen LogP contribution in [0.1, 0.15) is 43.3 Å². The quantitative estimate of drug-likeness (QED) is 0.327. The summed E-state index contributed by atoms with van der Waals surface area (Å²) in [7, 11) is 0. The summed E-state index contributed by atoms with van der Waals surface area (Å²) in [6.45, 7) is 9.92. The van der Waals surface area contributed by atoms with Gasteiger partial charge in [-0.3, -0.25) is 4.79 Å². The predicted octanol–water partition coefficient (Wildman–Crippen LogP) is 5.31. The van der Waals surface area contributed by atoms with Gasteiger partial charge in [0.05, 0.1) is 5.69 Å². The van der Waals surface area contributed by atoms with Crippen LogP contribution in [0.4, 0.5) is 0 Å². The van der Waals surface area contributed by atoms with E-state index in [1.165, 1.54) is 0 Å². The molecule has 0 saturated heterocycles. The number of hydrogen-bond acceptors (Lipinski definition) is 4. The topological polar surface area (TPSA) is 92.0 Å². The fourth-order valence-electron chi connectivity index (χ4n) is 3.15. The molecule has 0 spiro atoms. The largest absolute Gasteiger partial charge is 0.480 e. The lowest BCUT2D eigenvalue weighted by Crippen LogP contribution is -2.32. The van der Waals surface area contributed by atoms with Crippen LogP contribution < -0.4 is 5.73 Å². The highest BCUT2D eigenvalue weighted by atomic mass is 32.2. The van der Waals surface area contributed by atoms with E-state index in [9.17, 15) is 4.79 Å². The van der Waals surface area contributed by atoms with Crippen molar-refractivity contribution >= 4 is 23.3 Å². The van der Waals surface area contributed by atoms with Crippen LogP contribution in [-0.4, -0.2) is 27.1 Å². The Balaban J connectivity index is 2.22. The summed E-state index contributed by atoms with van der Waals surface area (Å²) in [5, 5.41) is 9.88. The Kier molecular flexibility index (Phi) is 9.56. The monoisotopic (exact) mass is 437 g/mol. The van der Waals surface area contributed by atoms with Gasteiger partial charge in [0.15, 0.2) is 5.16 Å². The van der Waals surface area contributed by atoms with E-state index in [2.05, 4.69) is 29.8 Å². The maximum absolute atomic E-state index is 11.0. The van der Waals surface area contributed by atoms with Gasteiger partial charge in [0, 0.05) is 17.9 Å². The molecule has 0 amide bonds. The van der Waals surface area contributed by atoms with Gasteiger partial charge in [-0.05, 0) is 49.5 Å².